The Morgan fingerprint density at radius 3 is 1.67 bits per heavy atom. The van der Waals surface area contributed by atoms with Crippen molar-refractivity contribution in [1.82, 2.24) is 3.12 Å². The molecule has 4 heteroatoms. The van der Waals surface area contributed by atoms with Crippen LogP contribution < -0.4 is 0 Å². The molecule has 0 bridgehead atoms. The van der Waals surface area contributed by atoms with Crippen molar-refractivity contribution in [2.75, 3.05) is 0 Å². The Hall–Kier alpha value is -0.841. The molecular weight excluding hydrogens is 297 g/mol. The summed E-state index contributed by atoms with van der Waals surface area (Å²) >= 11 is -2.66. The molecular formula is C11H13NO2Sn. The summed E-state index contributed by atoms with van der Waals surface area (Å²) in [6, 6.07) is 7.05. The predicted octanol–water partition coefficient (Wildman–Crippen LogP) is 2.12. The van der Waals surface area contributed by atoms with Gasteiger partial charge in [0.2, 0.25) is 0 Å². The summed E-state index contributed by atoms with van der Waals surface area (Å²) in [5.41, 5.74) is 1.13. The number of amides is 2. The minimum absolute atomic E-state index is 0.0982. The third kappa shape index (κ3) is 1.58. The van der Waals surface area contributed by atoms with Crippen LogP contribution in [0.2, 0.25) is 14.8 Å². The Morgan fingerprint density at radius 1 is 0.933 bits per heavy atom. The number of fused-ring (bicyclic) bond motifs is 1. The second-order valence-corrected chi connectivity index (χ2v) is 18.3. The van der Waals surface area contributed by atoms with E-state index in [0.717, 1.165) is 0 Å². The summed E-state index contributed by atoms with van der Waals surface area (Å²) in [5, 5.41) is 0. The first-order valence-electron chi connectivity index (χ1n) is 4.91. The maximum absolute atomic E-state index is 12.0. The molecule has 2 amide bonds. The van der Waals surface area contributed by atoms with Crippen LogP contribution in [-0.4, -0.2) is 33.6 Å². The molecule has 0 radical (unpaired) electrons. The Morgan fingerprint density at radius 2 is 1.33 bits per heavy atom. The van der Waals surface area contributed by atoms with E-state index < -0.39 is 18.7 Å². The van der Waals surface area contributed by atoms with Gasteiger partial charge in [0, 0.05) is 0 Å². The molecule has 15 heavy (non-hydrogen) atoms. The second kappa shape index (κ2) is 3.33. The van der Waals surface area contributed by atoms with Crippen LogP contribution in [0.15, 0.2) is 24.3 Å². The number of imide groups is 1. The molecule has 3 nitrogen and oxygen atoms in total. The first kappa shape index (κ1) is 10.7. The number of benzene rings is 1. The average molecular weight is 310 g/mol. The molecule has 0 aliphatic carbocycles. The van der Waals surface area contributed by atoms with Crippen LogP contribution in [-0.2, 0) is 0 Å². The van der Waals surface area contributed by atoms with Crippen LogP contribution in [0.4, 0.5) is 0 Å². The van der Waals surface area contributed by atoms with Gasteiger partial charge in [0.1, 0.15) is 0 Å². The zero-order valence-corrected chi connectivity index (χ0v) is 11.9. The number of carbonyl (C=O) groups excluding carboxylic acids is 2. The number of rotatable bonds is 1. The van der Waals surface area contributed by atoms with Gasteiger partial charge in [-0.2, -0.15) is 0 Å². The van der Waals surface area contributed by atoms with Gasteiger partial charge >= 0.3 is 93.4 Å². The molecule has 0 unspecified atom stereocenters. The van der Waals surface area contributed by atoms with Crippen molar-refractivity contribution in [2.45, 2.75) is 14.8 Å². The van der Waals surface area contributed by atoms with Crippen LogP contribution in [0.5, 0.6) is 0 Å². The first-order chi connectivity index (χ1) is 6.93. The number of carbonyl (C=O) groups is 2. The number of nitrogens with zero attached hydrogens (tertiary/aromatic N) is 1. The minimum atomic E-state index is -2.66. The molecule has 1 heterocycles. The van der Waals surface area contributed by atoms with Crippen molar-refractivity contribution in [3.63, 3.8) is 0 Å². The first-order valence-corrected chi connectivity index (χ1v) is 14.7. The number of hydrogen-bond acceptors (Lipinski definition) is 2. The topological polar surface area (TPSA) is 37.4 Å². The normalized spacial score (nSPS) is 15.8. The molecule has 0 aromatic heterocycles. The van der Waals surface area contributed by atoms with Gasteiger partial charge in [0.25, 0.3) is 0 Å². The molecule has 0 fully saturated rings. The van der Waals surface area contributed by atoms with E-state index in [0.29, 0.717) is 11.1 Å². The van der Waals surface area contributed by atoms with Crippen LogP contribution in [0.25, 0.3) is 0 Å². The van der Waals surface area contributed by atoms with E-state index in [9.17, 15) is 9.59 Å². The zero-order valence-electron chi connectivity index (χ0n) is 9.07. The third-order valence-corrected chi connectivity index (χ3v) is 7.45. The van der Waals surface area contributed by atoms with E-state index in [2.05, 4.69) is 14.8 Å². The zero-order chi connectivity index (χ0) is 11.2. The van der Waals surface area contributed by atoms with Crippen molar-refractivity contribution < 1.29 is 9.59 Å². The average Bonchev–Trinajstić information content (AvgIpc) is 2.39. The summed E-state index contributed by atoms with van der Waals surface area (Å²) in [7, 11) is 0. The molecule has 78 valence electrons. The Bertz CT molecular complexity index is 413. The molecule has 0 atom stereocenters. The fourth-order valence-corrected chi connectivity index (χ4v) is 5.96. The van der Waals surface area contributed by atoms with Gasteiger partial charge in [-0.3, -0.25) is 0 Å². The fraction of sp³-hybridized carbons (Fsp3) is 0.273. The maximum atomic E-state index is 12.0. The van der Waals surface area contributed by atoms with Gasteiger partial charge in [-0.1, -0.05) is 0 Å². The Balaban J connectivity index is 2.55. The van der Waals surface area contributed by atoms with Gasteiger partial charge in [-0.15, -0.1) is 0 Å². The fourth-order valence-electron chi connectivity index (χ4n) is 1.80. The molecule has 0 saturated carbocycles. The summed E-state index contributed by atoms with van der Waals surface area (Å²) in [6.45, 7) is 0. The van der Waals surface area contributed by atoms with E-state index in [1.807, 2.05) is 0 Å². The van der Waals surface area contributed by atoms with E-state index in [1.54, 1.807) is 24.3 Å². The third-order valence-electron chi connectivity index (χ3n) is 2.46. The molecule has 0 saturated heterocycles. The van der Waals surface area contributed by atoms with E-state index in [1.165, 1.54) is 3.12 Å². The van der Waals surface area contributed by atoms with Gasteiger partial charge in [-0.05, 0) is 0 Å². The summed E-state index contributed by atoms with van der Waals surface area (Å²) in [6.07, 6.45) is 0. The van der Waals surface area contributed by atoms with Crippen LogP contribution in [0.1, 0.15) is 20.7 Å². The van der Waals surface area contributed by atoms with Crippen molar-refractivity contribution >= 4 is 30.5 Å². The van der Waals surface area contributed by atoms with Gasteiger partial charge in [-0.25, -0.2) is 0 Å². The summed E-state index contributed by atoms with van der Waals surface area (Å²) < 4.78 is 1.53. The predicted molar refractivity (Wildman–Crippen MR) is 60.3 cm³/mol. The van der Waals surface area contributed by atoms with Crippen molar-refractivity contribution in [1.29, 1.82) is 0 Å². The van der Waals surface area contributed by atoms with Crippen molar-refractivity contribution in [2.24, 2.45) is 0 Å². The van der Waals surface area contributed by atoms with Crippen molar-refractivity contribution in [3.8, 4) is 0 Å². The molecule has 1 aromatic carbocycles. The summed E-state index contributed by atoms with van der Waals surface area (Å²) in [5.74, 6) is -0.196. The second-order valence-electron chi connectivity index (χ2n) is 4.66. The Kier molecular flexibility index (Phi) is 2.37. The summed E-state index contributed by atoms with van der Waals surface area (Å²) in [4.78, 5) is 30.2. The molecule has 1 aliphatic heterocycles. The molecule has 1 aliphatic rings. The van der Waals surface area contributed by atoms with E-state index >= 15 is 0 Å². The standard InChI is InChI=1S/C8H5NO2.3CH3.Sn/c10-7-5-3-1-2-4-6(5)8(11)9-7;;;;/h1-4H,(H,9,10,11);3*1H3;/q;;;;+1/p-1. The van der Waals surface area contributed by atoms with E-state index in [4.69, 9.17) is 0 Å². The Labute approximate surface area is 93.3 Å². The van der Waals surface area contributed by atoms with Crippen molar-refractivity contribution in [3.05, 3.63) is 35.4 Å². The van der Waals surface area contributed by atoms with E-state index in [-0.39, 0.29) is 11.8 Å². The van der Waals surface area contributed by atoms with Gasteiger partial charge in [0.05, 0.1) is 0 Å². The quantitative estimate of drug-likeness (QED) is 0.588. The SMILES string of the molecule is [CH3][Sn]([CH3])([CH3])[N]1C(=O)c2ccccc2C1=O. The van der Waals surface area contributed by atoms with Gasteiger partial charge in [0.15, 0.2) is 0 Å². The number of hydrogen-bond donors (Lipinski definition) is 0. The molecule has 2 rings (SSSR count). The van der Waals surface area contributed by atoms with Crippen LogP contribution >= 0.6 is 0 Å². The monoisotopic (exact) mass is 311 g/mol. The molecule has 0 N–H and O–H groups in total. The molecule has 0 spiro atoms. The van der Waals surface area contributed by atoms with Crippen LogP contribution in [0, 0.1) is 0 Å². The van der Waals surface area contributed by atoms with Crippen LogP contribution in [0.3, 0.4) is 0 Å². The van der Waals surface area contributed by atoms with Gasteiger partial charge < -0.3 is 0 Å². The molecule has 1 aromatic rings.